The van der Waals surface area contributed by atoms with E-state index in [-0.39, 0.29) is 11.8 Å². The van der Waals surface area contributed by atoms with E-state index in [9.17, 15) is 9.59 Å². The number of aromatic nitrogens is 3. The van der Waals surface area contributed by atoms with Crippen molar-refractivity contribution in [3.63, 3.8) is 0 Å². The predicted octanol–water partition coefficient (Wildman–Crippen LogP) is 3.60. The first-order chi connectivity index (χ1) is 17.8. The van der Waals surface area contributed by atoms with Crippen LogP contribution >= 0.6 is 11.3 Å². The van der Waals surface area contributed by atoms with Crippen LogP contribution in [0.1, 0.15) is 31.4 Å². The Morgan fingerprint density at radius 3 is 2.49 bits per heavy atom. The molecule has 4 aromatic rings. The Labute approximate surface area is 219 Å². The van der Waals surface area contributed by atoms with Crippen molar-refractivity contribution in [1.29, 1.82) is 0 Å². The largest absolute Gasteiger partial charge is 0.397 e. The number of nitrogens with zero attached hydrogens (tertiary/aromatic N) is 4. The number of nitrogens with two attached hydrogens (primary N) is 1. The number of anilines is 3. The van der Waals surface area contributed by atoms with E-state index in [1.807, 2.05) is 50.2 Å². The molecule has 2 aromatic carbocycles. The maximum Gasteiger partial charge on any atom is 0.281 e. The average molecular weight is 517 g/mol. The van der Waals surface area contributed by atoms with E-state index in [1.54, 1.807) is 36.5 Å². The second-order valence-electron chi connectivity index (χ2n) is 8.53. The summed E-state index contributed by atoms with van der Waals surface area (Å²) in [5.74, 6) is -0.00163. The van der Waals surface area contributed by atoms with Crippen molar-refractivity contribution in [2.24, 2.45) is 0 Å². The van der Waals surface area contributed by atoms with Gasteiger partial charge >= 0.3 is 0 Å². The van der Waals surface area contributed by atoms with Crippen LogP contribution in [0.4, 0.5) is 17.3 Å². The smallest absolute Gasteiger partial charge is 0.281 e. The van der Waals surface area contributed by atoms with Crippen LogP contribution in [0, 0.1) is 6.92 Å². The molecule has 2 amide bonds. The highest BCUT2D eigenvalue weighted by Gasteiger charge is 2.17. The Kier molecular flexibility index (Phi) is 8.06. The average Bonchev–Trinajstić information content (AvgIpc) is 3.29. The first-order valence-corrected chi connectivity index (χ1v) is 12.3. The van der Waals surface area contributed by atoms with Crippen LogP contribution in [-0.2, 0) is 6.54 Å². The molecule has 0 bridgehead atoms. The van der Waals surface area contributed by atoms with Crippen LogP contribution in [0.15, 0.2) is 60.8 Å². The van der Waals surface area contributed by atoms with Gasteiger partial charge in [0, 0.05) is 18.3 Å². The van der Waals surface area contributed by atoms with Gasteiger partial charge in [-0.3, -0.25) is 14.5 Å². The summed E-state index contributed by atoms with van der Waals surface area (Å²) >= 11 is 1.30. The van der Waals surface area contributed by atoms with Gasteiger partial charge in [0.15, 0.2) is 5.01 Å². The summed E-state index contributed by atoms with van der Waals surface area (Å²) in [4.78, 5) is 40.9. The van der Waals surface area contributed by atoms with Gasteiger partial charge in [0.2, 0.25) is 5.95 Å². The molecule has 2 aromatic heterocycles. The molecule has 0 aliphatic heterocycles. The SMILES string of the molecule is Cc1nc(C(=O)NCN(C)C)sc1-c1ccnc(NCc2ccc(C(=O)Nc3ccccc3N)cc2)n1. The summed E-state index contributed by atoms with van der Waals surface area (Å²) in [7, 11) is 3.75. The maximum atomic E-state index is 12.5. The number of rotatable bonds is 9. The van der Waals surface area contributed by atoms with Crippen LogP contribution in [0.2, 0.25) is 0 Å². The minimum atomic E-state index is -0.233. The number of carbonyl (C=O) groups is 2. The van der Waals surface area contributed by atoms with E-state index in [2.05, 4.69) is 30.9 Å². The zero-order chi connectivity index (χ0) is 26.4. The lowest BCUT2D eigenvalue weighted by Crippen LogP contribution is -2.32. The first-order valence-electron chi connectivity index (χ1n) is 11.5. The minimum Gasteiger partial charge on any atom is -0.397 e. The minimum absolute atomic E-state index is 0.218. The number of nitrogen functional groups attached to an aromatic ring is 1. The van der Waals surface area contributed by atoms with Gasteiger partial charge in [0.1, 0.15) is 0 Å². The molecule has 10 nitrogen and oxygen atoms in total. The Balaban J connectivity index is 1.38. The summed E-state index contributed by atoms with van der Waals surface area (Å²) in [5, 5.41) is 9.24. The number of para-hydroxylation sites is 2. The summed E-state index contributed by atoms with van der Waals surface area (Å²) in [6.45, 7) is 2.76. The van der Waals surface area contributed by atoms with E-state index < -0.39 is 0 Å². The van der Waals surface area contributed by atoms with Crippen LogP contribution in [-0.4, -0.2) is 52.4 Å². The molecule has 0 aliphatic carbocycles. The predicted molar refractivity (Wildman–Crippen MR) is 146 cm³/mol. The van der Waals surface area contributed by atoms with Gasteiger partial charge in [-0.05, 0) is 56.9 Å². The first kappa shape index (κ1) is 25.7. The van der Waals surface area contributed by atoms with E-state index >= 15 is 0 Å². The Bertz CT molecular complexity index is 1400. The maximum absolute atomic E-state index is 12.5. The quantitative estimate of drug-likeness (QED) is 0.196. The highest BCUT2D eigenvalue weighted by atomic mass is 32.1. The van der Waals surface area contributed by atoms with Crippen molar-refractivity contribution >= 4 is 40.5 Å². The van der Waals surface area contributed by atoms with Gasteiger partial charge < -0.3 is 21.7 Å². The molecule has 5 N–H and O–H groups in total. The number of aryl methyl sites for hydroxylation is 1. The molecule has 4 rings (SSSR count). The van der Waals surface area contributed by atoms with Crippen LogP contribution < -0.4 is 21.7 Å². The lowest BCUT2D eigenvalue weighted by atomic mass is 10.1. The summed E-state index contributed by atoms with van der Waals surface area (Å²) in [6, 6.07) is 16.2. The van der Waals surface area contributed by atoms with Crippen molar-refractivity contribution < 1.29 is 9.59 Å². The third kappa shape index (κ3) is 6.66. The number of benzene rings is 2. The Morgan fingerprint density at radius 2 is 1.76 bits per heavy atom. The molecule has 0 aliphatic rings. The lowest BCUT2D eigenvalue weighted by Gasteiger charge is -2.09. The fourth-order valence-corrected chi connectivity index (χ4v) is 4.32. The van der Waals surface area contributed by atoms with Crippen molar-refractivity contribution in [3.05, 3.63) is 82.6 Å². The van der Waals surface area contributed by atoms with E-state index in [1.165, 1.54) is 11.3 Å². The van der Waals surface area contributed by atoms with Gasteiger partial charge in [-0.2, -0.15) is 0 Å². The second kappa shape index (κ2) is 11.6. The normalized spacial score (nSPS) is 10.8. The molecule has 0 saturated carbocycles. The molecule has 0 fully saturated rings. The monoisotopic (exact) mass is 516 g/mol. The lowest BCUT2D eigenvalue weighted by molar-refractivity contribution is 0.0934. The molecule has 190 valence electrons. The highest BCUT2D eigenvalue weighted by molar-refractivity contribution is 7.17. The topological polar surface area (TPSA) is 138 Å². The Morgan fingerprint density at radius 1 is 1.00 bits per heavy atom. The van der Waals surface area contributed by atoms with Crippen LogP contribution in [0.25, 0.3) is 10.6 Å². The number of nitrogens with one attached hydrogen (secondary N) is 3. The Hall–Kier alpha value is -4.35. The standard InChI is InChI=1S/C26H28N8O2S/c1-16-22(37-25(31-16)24(36)30-15-34(2)3)21-12-13-28-26(33-21)29-14-17-8-10-18(11-9-17)23(35)32-20-7-5-4-6-19(20)27/h4-13H,14-15,27H2,1-3H3,(H,30,36)(H,32,35)(H,28,29,33). The number of carbonyl (C=O) groups excluding carboxylic acids is 2. The number of thiazole rings is 1. The van der Waals surface area contributed by atoms with Gasteiger partial charge in [0.05, 0.1) is 34.3 Å². The summed E-state index contributed by atoms with van der Waals surface area (Å²) in [6.07, 6.45) is 1.67. The van der Waals surface area contributed by atoms with Crippen LogP contribution in [0.3, 0.4) is 0 Å². The molecule has 0 atom stereocenters. The third-order valence-electron chi connectivity index (χ3n) is 5.31. The molecule has 0 radical (unpaired) electrons. The second-order valence-corrected chi connectivity index (χ2v) is 9.53. The molecule has 0 saturated heterocycles. The number of hydrogen-bond acceptors (Lipinski definition) is 9. The number of amides is 2. The molecular formula is C26H28N8O2S. The van der Waals surface area contributed by atoms with Crippen LogP contribution in [0.5, 0.6) is 0 Å². The van der Waals surface area contributed by atoms with E-state index in [0.717, 1.165) is 16.1 Å². The number of hydrogen-bond donors (Lipinski definition) is 4. The zero-order valence-electron chi connectivity index (χ0n) is 20.8. The molecule has 0 unspecified atom stereocenters. The van der Waals surface area contributed by atoms with Gasteiger partial charge in [0.25, 0.3) is 11.8 Å². The van der Waals surface area contributed by atoms with Crippen molar-refractivity contribution in [2.45, 2.75) is 13.5 Å². The fourth-order valence-electron chi connectivity index (χ4n) is 3.37. The molecule has 11 heteroatoms. The van der Waals surface area contributed by atoms with E-state index in [0.29, 0.717) is 46.8 Å². The van der Waals surface area contributed by atoms with Crippen molar-refractivity contribution in [1.82, 2.24) is 25.2 Å². The zero-order valence-corrected chi connectivity index (χ0v) is 21.6. The molecule has 0 spiro atoms. The third-order valence-corrected chi connectivity index (χ3v) is 6.49. The summed E-state index contributed by atoms with van der Waals surface area (Å²) in [5.41, 5.74) is 9.89. The molecule has 37 heavy (non-hydrogen) atoms. The highest BCUT2D eigenvalue weighted by Crippen LogP contribution is 2.29. The summed E-state index contributed by atoms with van der Waals surface area (Å²) < 4.78 is 0. The van der Waals surface area contributed by atoms with Crippen molar-refractivity contribution in [3.8, 4) is 10.6 Å². The van der Waals surface area contributed by atoms with Gasteiger partial charge in [-0.25, -0.2) is 15.0 Å². The van der Waals surface area contributed by atoms with E-state index in [4.69, 9.17) is 5.73 Å². The molecule has 2 heterocycles. The fraction of sp³-hybridized carbons (Fsp3) is 0.192. The van der Waals surface area contributed by atoms with Crippen molar-refractivity contribution in [2.75, 3.05) is 37.1 Å². The molecular weight excluding hydrogens is 488 g/mol. The van der Waals surface area contributed by atoms with Gasteiger partial charge in [-0.15, -0.1) is 11.3 Å². The van der Waals surface area contributed by atoms with Gasteiger partial charge in [-0.1, -0.05) is 24.3 Å².